The van der Waals surface area contributed by atoms with Crippen LogP contribution in [-0.4, -0.2) is 84.9 Å². The Balaban J connectivity index is 1.41. The highest BCUT2D eigenvalue weighted by molar-refractivity contribution is 6.07. The molecule has 11 heteroatoms. The Bertz CT molecular complexity index is 1410. The van der Waals surface area contributed by atoms with Crippen molar-refractivity contribution in [2.45, 2.75) is 12.8 Å². The van der Waals surface area contributed by atoms with Gasteiger partial charge in [0.05, 0.1) is 16.9 Å². The monoisotopic (exact) mass is 562 g/mol. The SMILES string of the molecule is O=C(Nc1cc(C(=O)N2CCCNCC2)ccc1N1CCCN(C(=O)c2cccnc2)CC1)c1ccc(F)c(F)c1. The van der Waals surface area contributed by atoms with Gasteiger partial charge in [0, 0.05) is 69.3 Å². The second-order valence-electron chi connectivity index (χ2n) is 10.1. The Morgan fingerprint density at radius 2 is 1.54 bits per heavy atom. The fraction of sp³-hybridized carbons (Fsp3) is 0.333. The maximum atomic E-state index is 13.9. The van der Waals surface area contributed by atoms with Crippen molar-refractivity contribution < 1.29 is 23.2 Å². The largest absolute Gasteiger partial charge is 0.368 e. The number of halogens is 2. The van der Waals surface area contributed by atoms with Crippen molar-refractivity contribution in [1.29, 1.82) is 0 Å². The first-order valence-corrected chi connectivity index (χ1v) is 13.8. The third-order valence-electron chi connectivity index (χ3n) is 7.33. The van der Waals surface area contributed by atoms with Gasteiger partial charge < -0.3 is 25.3 Å². The number of carbonyl (C=O) groups excluding carboxylic acids is 3. The number of nitrogens with zero attached hydrogens (tertiary/aromatic N) is 4. The molecular weight excluding hydrogens is 530 g/mol. The average Bonchev–Trinajstić information content (AvgIpc) is 3.42. The summed E-state index contributed by atoms with van der Waals surface area (Å²) in [6.07, 6.45) is 4.69. The molecule has 3 aromatic rings. The molecule has 2 aliphatic rings. The minimum atomic E-state index is -1.12. The van der Waals surface area contributed by atoms with E-state index in [1.165, 1.54) is 6.07 Å². The third kappa shape index (κ3) is 6.68. The number of amides is 3. The van der Waals surface area contributed by atoms with E-state index in [0.29, 0.717) is 74.7 Å². The molecule has 0 bridgehead atoms. The molecule has 41 heavy (non-hydrogen) atoms. The zero-order valence-electron chi connectivity index (χ0n) is 22.6. The molecule has 0 atom stereocenters. The number of carbonyl (C=O) groups is 3. The van der Waals surface area contributed by atoms with Gasteiger partial charge in [0.1, 0.15) is 0 Å². The van der Waals surface area contributed by atoms with Crippen LogP contribution in [0.1, 0.15) is 43.9 Å². The van der Waals surface area contributed by atoms with Gasteiger partial charge in [-0.25, -0.2) is 8.78 Å². The van der Waals surface area contributed by atoms with Crippen LogP contribution < -0.4 is 15.5 Å². The van der Waals surface area contributed by atoms with Crippen LogP contribution in [0.2, 0.25) is 0 Å². The van der Waals surface area contributed by atoms with E-state index < -0.39 is 17.5 Å². The van der Waals surface area contributed by atoms with Gasteiger partial charge in [0.15, 0.2) is 11.6 Å². The Kier molecular flexibility index (Phi) is 8.83. The number of pyridine rings is 1. The van der Waals surface area contributed by atoms with Crippen molar-refractivity contribution in [3.8, 4) is 0 Å². The molecule has 2 aromatic carbocycles. The standard InChI is InChI=1S/C30H32F2N6O3/c31-24-7-5-21(18-25(24)32)28(39)35-26-19-22(29(40)37-12-2-10-33-11-15-37)6-8-27(26)36-13-3-14-38(17-16-36)30(41)23-4-1-9-34-20-23/h1,4-9,18-20,33H,2-3,10-17H2,(H,35,39). The molecular formula is C30H32F2N6O3. The molecule has 0 aliphatic carbocycles. The molecule has 3 amide bonds. The quantitative estimate of drug-likeness (QED) is 0.495. The molecule has 2 aliphatic heterocycles. The van der Waals surface area contributed by atoms with Crippen molar-refractivity contribution in [1.82, 2.24) is 20.1 Å². The molecule has 214 valence electrons. The van der Waals surface area contributed by atoms with E-state index in [0.717, 1.165) is 25.1 Å². The number of aromatic nitrogens is 1. The van der Waals surface area contributed by atoms with Crippen molar-refractivity contribution in [2.24, 2.45) is 0 Å². The summed E-state index contributed by atoms with van der Waals surface area (Å²) in [4.78, 5) is 49.2. The summed E-state index contributed by atoms with van der Waals surface area (Å²) in [5.41, 5.74) is 1.94. The summed E-state index contributed by atoms with van der Waals surface area (Å²) in [5, 5.41) is 6.10. The second-order valence-corrected chi connectivity index (χ2v) is 10.1. The van der Waals surface area contributed by atoms with Crippen molar-refractivity contribution in [2.75, 3.05) is 62.6 Å². The molecule has 9 nitrogen and oxygen atoms in total. The van der Waals surface area contributed by atoms with E-state index in [9.17, 15) is 23.2 Å². The van der Waals surface area contributed by atoms with Crippen LogP contribution in [0.4, 0.5) is 20.2 Å². The van der Waals surface area contributed by atoms with Crippen LogP contribution in [0.15, 0.2) is 60.9 Å². The zero-order chi connectivity index (χ0) is 28.8. The summed E-state index contributed by atoms with van der Waals surface area (Å²) in [6.45, 7) is 4.84. The van der Waals surface area contributed by atoms with E-state index in [-0.39, 0.29) is 17.4 Å². The molecule has 0 saturated carbocycles. The van der Waals surface area contributed by atoms with E-state index in [2.05, 4.69) is 20.5 Å². The number of hydrogen-bond acceptors (Lipinski definition) is 6. The number of hydrogen-bond donors (Lipinski definition) is 2. The summed E-state index contributed by atoms with van der Waals surface area (Å²) < 4.78 is 27.4. The van der Waals surface area contributed by atoms with Crippen LogP contribution in [-0.2, 0) is 0 Å². The van der Waals surface area contributed by atoms with Crippen LogP contribution in [0, 0.1) is 11.6 Å². The van der Waals surface area contributed by atoms with Crippen molar-refractivity contribution in [3.05, 3.63) is 89.2 Å². The highest BCUT2D eigenvalue weighted by Gasteiger charge is 2.25. The minimum Gasteiger partial charge on any atom is -0.368 e. The summed E-state index contributed by atoms with van der Waals surface area (Å²) >= 11 is 0. The molecule has 5 rings (SSSR count). The lowest BCUT2D eigenvalue weighted by Gasteiger charge is -2.27. The van der Waals surface area contributed by atoms with Crippen molar-refractivity contribution >= 4 is 29.1 Å². The molecule has 2 fully saturated rings. The average molecular weight is 563 g/mol. The second kappa shape index (κ2) is 12.9. The molecule has 2 saturated heterocycles. The van der Waals surface area contributed by atoms with Gasteiger partial charge in [0.2, 0.25) is 0 Å². The summed E-state index contributed by atoms with van der Waals surface area (Å²) in [7, 11) is 0. The number of nitrogens with one attached hydrogen (secondary N) is 2. The Hall–Kier alpha value is -4.38. The topological polar surface area (TPSA) is 97.9 Å². The molecule has 1 aromatic heterocycles. The molecule has 3 heterocycles. The predicted molar refractivity (Wildman–Crippen MR) is 151 cm³/mol. The first-order chi connectivity index (χ1) is 19.9. The lowest BCUT2D eigenvalue weighted by Crippen LogP contribution is -2.35. The maximum Gasteiger partial charge on any atom is 0.255 e. The first-order valence-electron chi connectivity index (χ1n) is 13.8. The number of anilines is 2. The van der Waals surface area contributed by atoms with Gasteiger partial charge in [-0.15, -0.1) is 0 Å². The van der Waals surface area contributed by atoms with Gasteiger partial charge in [-0.1, -0.05) is 0 Å². The smallest absolute Gasteiger partial charge is 0.255 e. The zero-order valence-corrected chi connectivity index (χ0v) is 22.6. The van der Waals surface area contributed by atoms with Gasteiger partial charge in [-0.2, -0.15) is 0 Å². The predicted octanol–water partition coefficient (Wildman–Crippen LogP) is 3.40. The van der Waals surface area contributed by atoms with Gasteiger partial charge in [0.25, 0.3) is 17.7 Å². The normalized spacial score (nSPS) is 16.1. The molecule has 0 unspecified atom stereocenters. The lowest BCUT2D eigenvalue weighted by atomic mass is 10.1. The van der Waals surface area contributed by atoms with E-state index >= 15 is 0 Å². The fourth-order valence-electron chi connectivity index (χ4n) is 5.14. The van der Waals surface area contributed by atoms with Crippen LogP contribution in [0.25, 0.3) is 0 Å². The van der Waals surface area contributed by atoms with E-state index in [1.807, 2.05) is 0 Å². The van der Waals surface area contributed by atoms with Crippen LogP contribution >= 0.6 is 0 Å². The molecule has 0 radical (unpaired) electrons. The number of rotatable bonds is 5. The van der Waals surface area contributed by atoms with Crippen LogP contribution in [0.3, 0.4) is 0 Å². The number of benzene rings is 2. The van der Waals surface area contributed by atoms with Crippen LogP contribution in [0.5, 0.6) is 0 Å². The minimum absolute atomic E-state index is 0.0470. The van der Waals surface area contributed by atoms with Gasteiger partial charge in [-0.3, -0.25) is 19.4 Å². The summed E-state index contributed by atoms with van der Waals surface area (Å²) in [6, 6.07) is 11.6. The highest BCUT2D eigenvalue weighted by Crippen LogP contribution is 2.30. The fourth-order valence-corrected chi connectivity index (χ4v) is 5.14. The van der Waals surface area contributed by atoms with E-state index in [1.54, 1.807) is 52.5 Å². The molecule has 0 spiro atoms. The first kappa shape index (κ1) is 28.2. The van der Waals surface area contributed by atoms with Gasteiger partial charge >= 0.3 is 0 Å². The molecule has 2 N–H and O–H groups in total. The van der Waals surface area contributed by atoms with Gasteiger partial charge in [-0.05, 0) is 67.9 Å². The summed E-state index contributed by atoms with van der Waals surface area (Å²) in [5.74, 6) is -3.04. The Morgan fingerprint density at radius 1 is 0.756 bits per heavy atom. The van der Waals surface area contributed by atoms with Crippen molar-refractivity contribution in [3.63, 3.8) is 0 Å². The highest BCUT2D eigenvalue weighted by atomic mass is 19.2. The maximum absolute atomic E-state index is 13.9. The third-order valence-corrected chi connectivity index (χ3v) is 7.33. The van der Waals surface area contributed by atoms with E-state index in [4.69, 9.17) is 0 Å². The Labute approximate surface area is 237 Å². The lowest BCUT2D eigenvalue weighted by molar-refractivity contribution is 0.0758. The Morgan fingerprint density at radius 3 is 2.34 bits per heavy atom.